The molecule has 0 saturated carbocycles. The smallest absolute Gasteiger partial charge is 0.178 e. The predicted octanol–water partition coefficient (Wildman–Crippen LogP) is 1.25. The maximum Gasteiger partial charge on any atom is 0.178 e. The highest BCUT2D eigenvalue weighted by Crippen LogP contribution is 2.15. The number of anilines is 1. The van der Waals surface area contributed by atoms with Gasteiger partial charge in [0.25, 0.3) is 0 Å². The molecule has 0 aromatic heterocycles. The lowest BCUT2D eigenvalue weighted by Crippen LogP contribution is -2.28. The van der Waals surface area contributed by atoms with Crippen molar-refractivity contribution in [1.82, 2.24) is 5.32 Å². The lowest BCUT2D eigenvalue weighted by atomic mass is 10.3. The molecule has 3 N–H and O–H groups in total. The van der Waals surface area contributed by atoms with E-state index in [1.54, 1.807) is 31.2 Å². The van der Waals surface area contributed by atoms with Crippen LogP contribution in [0.15, 0.2) is 29.2 Å². The molecule has 0 amide bonds. The zero-order valence-corrected chi connectivity index (χ0v) is 12.9. The molecule has 1 aromatic rings. The molecule has 0 aliphatic carbocycles. The Morgan fingerprint density at radius 3 is 2.40 bits per heavy atom. The van der Waals surface area contributed by atoms with Gasteiger partial charge >= 0.3 is 0 Å². The highest BCUT2D eigenvalue weighted by Gasteiger charge is 2.12. The first-order valence-corrected chi connectivity index (χ1v) is 8.56. The van der Waals surface area contributed by atoms with Crippen molar-refractivity contribution in [3.63, 3.8) is 0 Å². The Morgan fingerprint density at radius 1 is 1.20 bits per heavy atom. The van der Waals surface area contributed by atoms with Gasteiger partial charge in [0.2, 0.25) is 0 Å². The van der Waals surface area contributed by atoms with Crippen molar-refractivity contribution in [2.75, 3.05) is 30.7 Å². The maximum absolute atomic E-state index is 11.9. The van der Waals surface area contributed by atoms with Crippen molar-refractivity contribution in [3.05, 3.63) is 24.3 Å². The molecule has 1 atom stereocenters. The average molecular weight is 300 g/mol. The molecular formula is C14H24N2O3S. The molecule has 1 aromatic carbocycles. The number of hydrogen-bond acceptors (Lipinski definition) is 5. The summed E-state index contributed by atoms with van der Waals surface area (Å²) in [6.45, 7) is 5.61. The molecule has 0 fully saturated rings. The monoisotopic (exact) mass is 300 g/mol. The number of rotatable bonds is 9. The summed E-state index contributed by atoms with van der Waals surface area (Å²) in [5.41, 5.74) is 0.888. The van der Waals surface area contributed by atoms with E-state index in [-0.39, 0.29) is 11.9 Å². The van der Waals surface area contributed by atoms with Crippen LogP contribution in [0.2, 0.25) is 0 Å². The number of benzene rings is 1. The Kier molecular flexibility index (Phi) is 6.98. The van der Waals surface area contributed by atoms with E-state index in [1.807, 2.05) is 6.92 Å². The molecule has 114 valence electrons. The third kappa shape index (κ3) is 5.90. The van der Waals surface area contributed by atoms with Crippen LogP contribution in [0.5, 0.6) is 0 Å². The lowest BCUT2D eigenvalue weighted by molar-refractivity contribution is 0.192. The normalized spacial score (nSPS) is 13.2. The maximum atomic E-state index is 11.9. The Hall–Kier alpha value is -1.11. The van der Waals surface area contributed by atoms with Gasteiger partial charge < -0.3 is 15.7 Å². The van der Waals surface area contributed by atoms with Crippen LogP contribution < -0.4 is 10.6 Å². The van der Waals surface area contributed by atoms with Crippen LogP contribution in [-0.2, 0) is 9.84 Å². The average Bonchev–Trinajstić information content (AvgIpc) is 2.38. The first-order chi connectivity index (χ1) is 9.45. The van der Waals surface area contributed by atoms with Crippen LogP contribution >= 0.6 is 0 Å². The Morgan fingerprint density at radius 2 is 1.85 bits per heavy atom. The second-order valence-electron chi connectivity index (χ2n) is 4.82. The fourth-order valence-corrected chi connectivity index (χ4v) is 3.10. The Bertz CT molecular complexity index is 484. The van der Waals surface area contributed by atoms with E-state index in [9.17, 15) is 8.42 Å². The summed E-state index contributed by atoms with van der Waals surface area (Å²) >= 11 is 0. The van der Waals surface area contributed by atoms with E-state index in [2.05, 4.69) is 10.6 Å². The van der Waals surface area contributed by atoms with Gasteiger partial charge in [-0.15, -0.1) is 0 Å². The van der Waals surface area contributed by atoms with E-state index in [1.165, 1.54) is 0 Å². The van der Waals surface area contributed by atoms with Crippen molar-refractivity contribution in [2.45, 2.75) is 31.3 Å². The second kappa shape index (κ2) is 8.24. The number of sulfone groups is 1. The van der Waals surface area contributed by atoms with Crippen molar-refractivity contribution in [2.24, 2.45) is 0 Å². The summed E-state index contributed by atoms with van der Waals surface area (Å²) in [6.07, 6.45) is 0.273. The minimum atomic E-state index is -3.13. The Labute approximate surface area is 121 Å². The van der Waals surface area contributed by atoms with Crippen LogP contribution in [0.4, 0.5) is 5.69 Å². The van der Waals surface area contributed by atoms with Crippen LogP contribution in [-0.4, -0.2) is 45.0 Å². The highest BCUT2D eigenvalue weighted by molar-refractivity contribution is 7.91. The summed E-state index contributed by atoms with van der Waals surface area (Å²) < 4.78 is 23.7. The molecule has 6 heteroatoms. The second-order valence-corrected chi connectivity index (χ2v) is 6.93. The minimum Gasteiger partial charge on any atom is -0.392 e. The van der Waals surface area contributed by atoms with Crippen molar-refractivity contribution < 1.29 is 13.5 Å². The molecule has 1 unspecified atom stereocenters. The third-order valence-corrected chi connectivity index (χ3v) is 4.69. The van der Waals surface area contributed by atoms with Gasteiger partial charge in [0, 0.05) is 25.3 Å². The molecule has 0 aliphatic heterocycles. The van der Waals surface area contributed by atoms with Gasteiger partial charge in [-0.05, 0) is 37.6 Å². The standard InChI is InChI=1S/C14H24N2O3S/c1-3-10-20(18,19)14-6-4-13(5-7-14)16-9-8-15-11-12(2)17/h4-7,12,15-17H,3,8-11H2,1-2H3. The molecular weight excluding hydrogens is 276 g/mol. The molecule has 20 heavy (non-hydrogen) atoms. The highest BCUT2D eigenvalue weighted by atomic mass is 32.2. The summed E-state index contributed by atoms with van der Waals surface area (Å²) in [5.74, 6) is 0.184. The summed E-state index contributed by atoms with van der Waals surface area (Å²) in [6, 6.07) is 6.82. The summed E-state index contributed by atoms with van der Waals surface area (Å²) in [5, 5.41) is 15.4. The van der Waals surface area contributed by atoms with Crippen LogP contribution in [0.1, 0.15) is 20.3 Å². The van der Waals surface area contributed by atoms with Gasteiger partial charge in [-0.3, -0.25) is 0 Å². The van der Waals surface area contributed by atoms with Gasteiger partial charge in [0.05, 0.1) is 16.8 Å². The molecule has 0 aliphatic rings. The van der Waals surface area contributed by atoms with Crippen LogP contribution in [0.25, 0.3) is 0 Å². The van der Waals surface area contributed by atoms with Gasteiger partial charge in [0.15, 0.2) is 9.84 Å². The first kappa shape index (κ1) is 16.9. The zero-order chi connectivity index (χ0) is 15.0. The predicted molar refractivity (Wildman–Crippen MR) is 81.8 cm³/mol. The van der Waals surface area contributed by atoms with Crippen molar-refractivity contribution >= 4 is 15.5 Å². The van der Waals surface area contributed by atoms with Crippen molar-refractivity contribution in [3.8, 4) is 0 Å². The molecule has 5 nitrogen and oxygen atoms in total. The fraction of sp³-hybridized carbons (Fsp3) is 0.571. The minimum absolute atomic E-state index is 0.184. The molecule has 0 spiro atoms. The van der Waals surface area contributed by atoms with Crippen LogP contribution in [0.3, 0.4) is 0 Å². The fourth-order valence-electron chi connectivity index (χ4n) is 1.77. The Balaban J connectivity index is 2.43. The van der Waals surface area contributed by atoms with E-state index >= 15 is 0 Å². The van der Waals surface area contributed by atoms with Gasteiger partial charge in [0.1, 0.15) is 0 Å². The van der Waals surface area contributed by atoms with Crippen molar-refractivity contribution in [1.29, 1.82) is 0 Å². The topological polar surface area (TPSA) is 78.4 Å². The number of nitrogens with one attached hydrogen (secondary N) is 2. The molecule has 0 heterocycles. The lowest BCUT2D eigenvalue weighted by Gasteiger charge is -2.09. The van der Waals surface area contributed by atoms with E-state index < -0.39 is 9.84 Å². The summed E-state index contributed by atoms with van der Waals surface area (Å²) in [4.78, 5) is 0.372. The van der Waals surface area contributed by atoms with Gasteiger partial charge in [-0.2, -0.15) is 0 Å². The largest absolute Gasteiger partial charge is 0.392 e. The first-order valence-electron chi connectivity index (χ1n) is 6.91. The summed E-state index contributed by atoms with van der Waals surface area (Å²) in [7, 11) is -3.13. The molecule has 0 radical (unpaired) electrons. The number of hydrogen-bond donors (Lipinski definition) is 3. The van der Waals surface area contributed by atoms with Gasteiger partial charge in [-0.25, -0.2) is 8.42 Å². The van der Waals surface area contributed by atoms with E-state index in [4.69, 9.17) is 5.11 Å². The zero-order valence-electron chi connectivity index (χ0n) is 12.1. The number of aliphatic hydroxyl groups is 1. The van der Waals surface area contributed by atoms with E-state index in [0.717, 1.165) is 12.2 Å². The quantitative estimate of drug-likeness (QED) is 0.598. The van der Waals surface area contributed by atoms with Gasteiger partial charge in [-0.1, -0.05) is 6.92 Å². The van der Waals surface area contributed by atoms with E-state index in [0.29, 0.717) is 24.4 Å². The third-order valence-electron chi connectivity index (χ3n) is 2.76. The molecule has 0 bridgehead atoms. The number of aliphatic hydroxyl groups excluding tert-OH is 1. The molecule has 1 rings (SSSR count). The SMILES string of the molecule is CCCS(=O)(=O)c1ccc(NCCNCC(C)O)cc1. The van der Waals surface area contributed by atoms with Crippen LogP contribution in [0, 0.1) is 0 Å². The molecule has 0 saturated heterocycles.